The van der Waals surface area contributed by atoms with E-state index in [-0.39, 0.29) is 25.5 Å². The van der Waals surface area contributed by atoms with E-state index < -0.39 is 53.5 Å². The van der Waals surface area contributed by atoms with E-state index in [9.17, 15) is 14.4 Å². The summed E-state index contributed by atoms with van der Waals surface area (Å²) in [6.07, 6.45) is -2.80. The number of methoxy groups -OCH3 is 2. The van der Waals surface area contributed by atoms with Crippen LogP contribution in [-0.2, 0) is 47.5 Å². The number of carbonyl (C=O) groups excluding carboxylic acids is 3. The first-order chi connectivity index (χ1) is 14.0. The Balaban J connectivity index is 2.02. The van der Waals surface area contributed by atoms with Gasteiger partial charge in [0.2, 0.25) is 5.91 Å². The number of epoxide rings is 1. The van der Waals surface area contributed by atoms with Gasteiger partial charge in [0.05, 0.1) is 26.4 Å². The molecule has 11 heteroatoms. The van der Waals surface area contributed by atoms with Crippen molar-refractivity contribution in [1.82, 2.24) is 5.32 Å². The van der Waals surface area contributed by atoms with Crippen LogP contribution in [0.1, 0.15) is 34.1 Å². The van der Waals surface area contributed by atoms with Gasteiger partial charge in [-0.05, 0) is 13.8 Å². The van der Waals surface area contributed by atoms with Crippen molar-refractivity contribution in [1.29, 1.82) is 0 Å². The third-order valence-corrected chi connectivity index (χ3v) is 5.48. The molecule has 0 saturated carbocycles. The lowest BCUT2D eigenvalue weighted by atomic mass is 9.81. The minimum atomic E-state index is -1.81. The Morgan fingerprint density at radius 3 is 2.20 bits per heavy atom. The molecule has 0 aromatic heterocycles. The van der Waals surface area contributed by atoms with Crippen molar-refractivity contribution in [2.45, 2.75) is 75.6 Å². The molecule has 3 saturated heterocycles. The Kier molecular flexibility index (Phi) is 6.14. The molecule has 3 aliphatic heterocycles. The number of carbonyl (C=O) groups is 3. The van der Waals surface area contributed by atoms with Crippen LogP contribution in [0.5, 0.6) is 0 Å². The van der Waals surface area contributed by atoms with Crippen LogP contribution in [0.2, 0.25) is 0 Å². The maximum Gasteiger partial charge on any atom is 0.366 e. The molecule has 30 heavy (non-hydrogen) atoms. The molecular weight excluding hydrogens is 402 g/mol. The molecule has 6 atom stereocenters. The average Bonchev–Trinajstić information content (AvgIpc) is 3.34. The Bertz CT molecular complexity index is 705. The fourth-order valence-electron chi connectivity index (χ4n) is 4.10. The Hall–Kier alpha value is -1.79. The van der Waals surface area contributed by atoms with E-state index in [0.717, 1.165) is 0 Å². The van der Waals surface area contributed by atoms with Crippen molar-refractivity contribution in [2.24, 2.45) is 0 Å². The Morgan fingerprint density at radius 1 is 1.10 bits per heavy atom. The zero-order chi connectivity index (χ0) is 22.3. The first-order valence-corrected chi connectivity index (χ1v) is 9.69. The summed E-state index contributed by atoms with van der Waals surface area (Å²) < 4.78 is 39.2. The minimum absolute atomic E-state index is 0.00900. The van der Waals surface area contributed by atoms with Crippen molar-refractivity contribution in [3.63, 3.8) is 0 Å². The van der Waals surface area contributed by atoms with Gasteiger partial charge in [-0.2, -0.15) is 0 Å². The fourth-order valence-corrected chi connectivity index (χ4v) is 4.10. The molecule has 170 valence electrons. The number of esters is 2. The second-order valence-electron chi connectivity index (χ2n) is 8.18. The summed E-state index contributed by atoms with van der Waals surface area (Å²) in [7, 11) is 2.52. The van der Waals surface area contributed by atoms with Gasteiger partial charge in [0.15, 0.2) is 11.9 Å². The van der Waals surface area contributed by atoms with E-state index in [1.165, 1.54) is 28.1 Å². The van der Waals surface area contributed by atoms with Crippen LogP contribution in [-0.4, -0.2) is 86.8 Å². The second-order valence-corrected chi connectivity index (χ2v) is 8.18. The topological polar surface area (TPSA) is 131 Å². The molecule has 1 spiro atoms. The zero-order valence-electron chi connectivity index (χ0n) is 18.0. The predicted octanol–water partition coefficient (Wildman–Crippen LogP) is -0.352. The van der Waals surface area contributed by atoms with Crippen molar-refractivity contribution in [3.8, 4) is 0 Å². The highest BCUT2D eigenvalue weighted by Gasteiger charge is 2.69. The molecule has 11 nitrogen and oxygen atoms in total. The molecule has 0 bridgehead atoms. The van der Waals surface area contributed by atoms with E-state index in [1.807, 2.05) is 0 Å². The van der Waals surface area contributed by atoms with Crippen molar-refractivity contribution in [2.75, 3.05) is 27.4 Å². The maximum absolute atomic E-state index is 12.6. The van der Waals surface area contributed by atoms with Crippen LogP contribution in [0.3, 0.4) is 0 Å². The van der Waals surface area contributed by atoms with Gasteiger partial charge >= 0.3 is 11.9 Å². The number of amides is 1. The molecule has 0 aromatic rings. The average molecular weight is 431 g/mol. The SMILES string of the molecule is COC(=O)[C@]1(OC)C[C@]2(CO2)[C@@H](NC(C)=O)[C@H]([C@H](OC(C)=O)[C@H]2COC(C)(C)O2)O1. The third kappa shape index (κ3) is 4.30. The van der Waals surface area contributed by atoms with Gasteiger partial charge in [-0.25, -0.2) is 4.79 Å². The molecule has 0 unspecified atom stereocenters. The number of ether oxygens (including phenoxy) is 7. The first-order valence-electron chi connectivity index (χ1n) is 9.69. The largest absolute Gasteiger partial charge is 0.465 e. The summed E-state index contributed by atoms with van der Waals surface area (Å²) in [5, 5.41) is 2.82. The summed E-state index contributed by atoms with van der Waals surface area (Å²) in [5.41, 5.74) is -0.952. The molecule has 3 fully saturated rings. The smallest absolute Gasteiger partial charge is 0.366 e. The van der Waals surface area contributed by atoms with Gasteiger partial charge in [-0.3, -0.25) is 9.59 Å². The molecular formula is C19H29NO10. The van der Waals surface area contributed by atoms with Crippen LogP contribution >= 0.6 is 0 Å². The lowest BCUT2D eigenvalue weighted by Gasteiger charge is -2.47. The van der Waals surface area contributed by atoms with Gasteiger partial charge in [-0.1, -0.05) is 0 Å². The quantitative estimate of drug-likeness (QED) is 0.440. The fraction of sp³-hybridized carbons (Fsp3) is 0.842. The van der Waals surface area contributed by atoms with Gasteiger partial charge in [0, 0.05) is 27.4 Å². The first kappa shape index (κ1) is 22.9. The highest BCUT2D eigenvalue weighted by atomic mass is 16.8. The van der Waals surface area contributed by atoms with Crippen LogP contribution in [0, 0.1) is 0 Å². The number of nitrogens with one attached hydrogen (secondary N) is 1. The molecule has 3 rings (SSSR count). The molecule has 0 aliphatic carbocycles. The van der Waals surface area contributed by atoms with Crippen molar-refractivity contribution >= 4 is 17.8 Å². The highest BCUT2D eigenvalue weighted by Crippen LogP contribution is 2.49. The van der Waals surface area contributed by atoms with Gasteiger partial charge in [-0.15, -0.1) is 0 Å². The van der Waals surface area contributed by atoms with Crippen LogP contribution < -0.4 is 5.32 Å². The summed E-state index contributed by atoms with van der Waals surface area (Å²) >= 11 is 0. The maximum atomic E-state index is 12.6. The van der Waals surface area contributed by atoms with E-state index in [2.05, 4.69) is 5.32 Å². The molecule has 1 N–H and O–H groups in total. The van der Waals surface area contributed by atoms with Gasteiger partial charge < -0.3 is 38.5 Å². The van der Waals surface area contributed by atoms with Crippen molar-refractivity contribution in [3.05, 3.63) is 0 Å². The molecule has 3 heterocycles. The van der Waals surface area contributed by atoms with Crippen LogP contribution in [0.15, 0.2) is 0 Å². The highest BCUT2D eigenvalue weighted by molar-refractivity contribution is 5.79. The summed E-state index contributed by atoms with van der Waals surface area (Å²) in [6.45, 7) is 6.42. The Morgan fingerprint density at radius 2 is 1.77 bits per heavy atom. The Labute approximate surface area is 174 Å². The van der Waals surface area contributed by atoms with E-state index >= 15 is 0 Å². The van der Waals surface area contributed by atoms with Gasteiger partial charge in [0.1, 0.15) is 17.8 Å². The third-order valence-electron chi connectivity index (χ3n) is 5.48. The minimum Gasteiger partial charge on any atom is -0.465 e. The zero-order valence-corrected chi connectivity index (χ0v) is 18.0. The lowest BCUT2D eigenvalue weighted by Crippen LogP contribution is -2.69. The van der Waals surface area contributed by atoms with Crippen molar-refractivity contribution < 1.29 is 47.5 Å². The molecule has 0 radical (unpaired) electrons. The summed E-state index contributed by atoms with van der Waals surface area (Å²) in [5.74, 6) is -4.40. The van der Waals surface area contributed by atoms with Crippen LogP contribution in [0.25, 0.3) is 0 Å². The van der Waals surface area contributed by atoms with E-state index in [1.54, 1.807) is 13.8 Å². The predicted molar refractivity (Wildman–Crippen MR) is 98.0 cm³/mol. The number of hydrogen-bond donors (Lipinski definition) is 1. The van der Waals surface area contributed by atoms with E-state index in [4.69, 9.17) is 33.2 Å². The number of hydrogen-bond acceptors (Lipinski definition) is 10. The van der Waals surface area contributed by atoms with E-state index in [0.29, 0.717) is 0 Å². The summed E-state index contributed by atoms with van der Waals surface area (Å²) in [6, 6.07) is -0.736. The monoisotopic (exact) mass is 431 g/mol. The molecule has 1 amide bonds. The molecule has 0 aromatic carbocycles. The number of rotatable bonds is 6. The standard InChI is InChI=1S/C19H29NO10/c1-10(21)20-15-14(13(28-11(2)22)12-7-26-17(3,4)29-12)30-19(25-6,16(23)24-5)8-18(15)9-27-18/h12-15H,7-9H2,1-6H3,(H,20,21)/t12-,13-,14+,15+,18+,19+/m1/s1. The van der Waals surface area contributed by atoms with Crippen LogP contribution in [0.4, 0.5) is 0 Å². The van der Waals surface area contributed by atoms with Gasteiger partial charge in [0.25, 0.3) is 5.79 Å². The summed E-state index contributed by atoms with van der Waals surface area (Å²) in [4.78, 5) is 36.5. The lowest BCUT2D eigenvalue weighted by molar-refractivity contribution is -0.302. The molecule has 3 aliphatic rings. The normalized spacial score (nSPS) is 38.0. The second kappa shape index (κ2) is 8.04.